The molecule has 1 N–H and O–H groups in total. The molecule has 0 aliphatic carbocycles. The summed E-state index contributed by atoms with van der Waals surface area (Å²) in [7, 11) is -3.20. The van der Waals surface area contributed by atoms with Gasteiger partial charge >= 0.3 is 10.1 Å². The van der Waals surface area contributed by atoms with Gasteiger partial charge in [-0.25, -0.2) is 5.43 Å². The van der Waals surface area contributed by atoms with Gasteiger partial charge in [-0.05, 0) is 70.6 Å². The molecule has 0 saturated carbocycles. The highest BCUT2D eigenvalue weighted by molar-refractivity contribution is 14.1. The van der Waals surface area contributed by atoms with E-state index in [0.29, 0.717) is 11.1 Å². The second-order valence-corrected chi connectivity index (χ2v) is 9.14. The van der Waals surface area contributed by atoms with E-state index < -0.39 is 31.5 Å². The number of carbonyl (C=O) groups excluding carboxylic acids is 1. The molecule has 1 amide bonds. The lowest BCUT2D eigenvalue weighted by Gasteiger charge is -2.11. The number of amides is 1. The Morgan fingerprint density at radius 1 is 1.09 bits per heavy atom. The third-order valence-corrected chi connectivity index (χ3v) is 6.14. The number of halogens is 1. The highest BCUT2D eigenvalue weighted by Gasteiger charge is 2.28. The Kier molecular flexibility index (Phi) is 7.60. The molecule has 12 heteroatoms. The van der Waals surface area contributed by atoms with Crippen LogP contribution in [0.4, 0.5) is 5.69 Å². The minimum atomic E-state index is -4.51. The second kappa shape index (κ2) is 10.4. The number of nitro groups is 1. The number of para-hydroxylation sites is 1. The molecule has 33 heavy (non-hydrogen) atoms. The van der Waals surface area contributed by atoms with Crippen molar-refractivity contribution in [3.63, 3.8) is 0 Å². The Morgan fingerprint density at radius 3 is 2.55 bits per heavy atom. The summed E-state index contributed by atoms with van der Waals surface area (Å²) in [5.74, 6) is -0.520. The summed E-state index contributed by atoms with van der Waals surface area (Å²) in [6.45, 7) is 0. The predicted octanol–water partition coefficient (Wildman–Crippen LogP) is 3.74. The maximum Gasteiger partial charge on any atom is 0.346 e. The Balaban J connectivity index is 1.78. The number of ether oxygens (including phenoxy) is 1. The van der Waals surface area contributed by atoms with Crippen molar-refractivity contribution in [3.05, 3.63) is 91.5 Å². The quantitative estimate of drug-likeness (QED) is 0.141. The summed E-state index contributed by atoms with van der Waals surface area (Å²) in [5, 5.41) is 15.0. The second-order valence-electron chi connectivity index (χ2n) is 6.38. The van der Waals surface area contributed by atoms with Gasteiger partial charge in [-0.1, -0.05) is 18.2 Å². The third-order valence-electron chi connectivity index (χ3n) is 4.18. The average molecular weight is 581 g/mol. The normalized spacial score (nSPS) is 11.2. The van der Waals surface area contributed by atoms with E-state index in [4.69, 9.17) is 8.92 Å². The van der Waals surface area contributed by atoms with Crippen molar-refractivity contribution in [2.24, 2.45) is 5.10 Å². The minimum absolute atomic E-state index is 0.0463. The number of benzene rings is 3. The van der Waals surface area contributed by atoms with Crippen LogP contribution in [0.25, 0.3) is 0 Å². The summed E-state index contributed by atoms with van der Waals surface area (Å²) in [5.41, 5.74) is 2.71. The minimum Gasteiger partial charge on any atom is -0.493 e. The van der Waals surface area contributed by atoms with Crippen molar-refractivity contribution >= 4 is 50.5 Å². The van der Waals surface area contributed by atoms with Crippen LogP contribution in [0.1, 0.15) is 15.9 Å². The number of nitrogens with zero attached hydrogens (tertiary/aromatic N) is 2. The number of hydrogen-bond acceptors (Lipinski definition) is 8. The van der Waals surface area contributed by atoms with Gasteiger partial charge < -0.3 is 8.92 Å². The molecule has 10 nitrogen and oxygen atoms in total. The maximum absolute atomic E-state index is 12.6. The molecule has 170 valence electrons. The molecule has 3 aromatic rings. The van der Waals surface area contributed by atoms with Crippen LogP contribution in [0.15, 0.2) is 76.7 Å². The van der Waals surface area contributed by atoms with Gasteiger partial charge in [0.1, 0.15) is 0 Å². The standard InChI is InChI=1S/C21H16IN3O7S/c1-31-19-11-14(13-23-24-21(26)15-5-4-6-16(22)12-15)9-10-18(19)32-33(29,30)20-8-3-2-7-17(20)25(27)28/h2-13H,1H3,(H,24,26)/b23-13-. The van der Waals surface area contributed by atoms with Crippen LogP contribution >= 0.6 is 22.6 Å². The Bertz CT molecular complexity index is 1340. The zero-order chi connectivity index (χ0) is 24.0. The highest BCUT2D eigenvalue weighted by atomic mass is 127. The molecule has 0 aliphatic heterocycles. The number of hydrogen-bond donors (Lipinski definition) is 1. The lowest BCUT2D eigenvalue weighted by molar-refractivity contribution is -0.387. The average Bonchev–Trinajstić information content (AvgIpc) is 2.79. The first kappa shape index (κ1) is 24.1. The van der Waals surface area contributed by atoms with Crippen LogP contribution in [-0.4, -0.2) is 32.6 Å². The molecule has 0 saturated heterocycles. The van der Waals surface area contributed by atoms with Crippen molar-refractivity contribution in [1.82, 2.24) is 5.43 Å². The molecule has 0 bridgehead atoms. The van der Waals surface area contributed by atoms with E-state index in [2.05, 4.69) is 33.1 Å². The topological polar surface area (TPSA) is 137 Å². The van der Waals surface area contributed by atoms with Gasteiger partial charge in [0.15, 0.2) is 16.4 Å². The summed E-state index contributed by atoms with van der Waals surface area (Å²) in [6.07, 6.45) is 1.34. The van der Waals surface area contributed by atoms with Crippen LogP contribution < -0.4 is 14.3 Å². The lowest BCUT2D eigenvalue weighted by Crippen LogP contribution is -2.17. The van der Waals surface area contributed by atoms with Gasteiger partial charge in [0, 0.05) is 15.2 Å². The molecular formula is C21H16IN3O7S. The largest absolute Gasteiger partial charge is 0.493 e. The van der Waals surface area contributed by atoms with Gasteiger partial charge in [0.25, 0.3) is 11.6 Å². The summed E-state index contributed by atoms with van der Waals surface area (Å²) >= 11 is 2.09. The third kappa shape index (κ3) is 6.04. The number of methoxy groups -OCH3 is 1. The molecule has 3 rings (SSSR count). The van der Waals surface area contributed by atoms with E-state index >= 15 is 0 Å². The van der Waals surface area contributed by atoms with E-state index in [1.165, 1.54) is 43.7 Å². The van der Waals surface area contributed by atoms with E-state index in [-0.39, 0.29) is 11.5 Å². The van der Waals surface area contributed by atoms with E-state index in [0.717, 1.165) is 15.7 Å². The Hall–Kier alpha value is -3.52. The van der Waals surface area contributed by atoms with Crippen molar-refractivity contribution in [2.75, 3.05) is 7.11 Å². The van der Waals surface area contributed by atoms with Gasteiger partial charge in [-0.15, -0.1) is 0 Å². The van der Waals surface area contributed by atoms with Crippen molar-refractivity contribution < 1.29 is 27.1 Å². The van der Waals surface area contributed by atoms with Crippen molar-refractivity contribution in [2.45, 2.75) is 4.90 Å². The summed E-state index contributed by atoms with van der Waals surface area (Å²) < 4.78 is 36.4. The number of nitrogens with one attached hydrogen (secondary N) is 1. The van der Waals surface area contributed by atoms with Gasteiger partial charge in [0.05, 0.1) is 18.2 Å². The SMILES string of the molecule is COc1cc(/C=N\NC(=O)c2cccc(I)c2)ccc1OS(=O)(=O)c1ccccc1[N+](=O)[O-]. The van der Waals surface area contributed by atoms with E-state index in [1.54, 1.807) is 18.2 Å². The fourth-order valence-electron chi connectivity index (χ4n) is 2.68. The highest BCUT2D eigenvalue weighted by Crippen LogP contribution is 2.32. The van der Waals surface area contributed by atoms with Crippen molar-refractivity contribution in [3.8, 4) is 11.5 Å². The van der Waals surface area contributed by atoms with Crippen LogP contribution in [0, 0.1) is 13.7 Å². The van der Waals surface area contributed by atoms with E-state index in [1.807, 2.05) is 6.07 Å². The van der Waals surface area contributed by atoms with Crippen LogP contribution in [0.5, 0.6) is 11.5 Å². The van der Waals surface area contributed by atoms with Gasteiger partial charge in [0.2, 0.25) is 0 Å². The van der Waals surface area contributed by atoms with Gasteiger partial charge in [-0.2, -0.15) is 13.5 Å². The lowest BCUT2D eigenvalue weighted by atomic mass is 10.2. The van der Waals surface area contributed by atoms with Crippen molar-refractivity contribution in [1.29, 1.82) is 0 Å². The fourth-order valence-corrected chi connectivity index (χ4v) is 4.33. The first-order chi connectivity index (χ1) is 15.7. The first-order valence-corrected chi connectivity index (χ1v) is 11.6. The summed E-state index contributed by atoms with van der Waals surface area (Å²) in [6, 6.07) is 16.0. The maximum atomic E-state index is 12.6. The molecule has 0 aliphatic rings. The number of hydrazone groups is 1. The molecule has 3 aromatic carbocycles. The monoisotopic (exact) mass is 581 g/mol. The predicted molar refractivity (Wildman–Crippen MR) is 128 cm³/mol. The molecule has 0 unspecified atom stereocenters. The van der Waals surface area contributed by atoms with Crippen LogP contribution in [-0.2, 0) is 10.1 Å². The zero-order valence-corrected chi connectivity index (χ0v) is 19.9. The fraction of sp³-hybridized carbons (Fsp3) is 0.0476. The van der Waals surface area contributed by atoms with Gasteiger partial charge in [-0.3, -0.25) is 14.9 Å². The van der Waals surface area contributed by atoms with Crippen LogP contribution in [0.2, 0.25) is 0 Å². The van der Waals surface area contributed by atoms with E-state index in [9.17, 15) is 23.3 Å². The first-order valence-electron chi connectivity index (χ1n) is 9.16. The smallest absolute Gasteiger partial charge is 0.346 e. The zero-order valence-electron chi connectivity index (χ0n) is 17.0. The number of rotatable bonds is 8. The Morgan fingerprint density at radius 2 is 1.85 bits per heavy atom. The molecular weight excluding hydrogens is 565 g/mol. The van der Waals surface area contributed by atoms with Crippen LogP contribution in [0.3, 0.4) is 0 Å². The Labute approximate surface area is 202 Å². The molecule has 0 radical (unpaired) electrons. The molecule has 0 spiro atoms. The molecule has 0 aromatic heterocycles. The molecule has 0 heterocycles. The molecule has 0 fully saturated rings. The summed E-state index contributed by atoms with van der Waals surface area (Å²) in [4.78, 5) is 21.9. The number of nitro benzene ring substituents is 1. The molecule has 0 atom stereocenters. The number of carbonyl (C=O) groups is 1.